The first kappa shape index (κ1) is 12.1. The fourth-order valence-electron chi connectivity index (χ4n) is 1.73. The van der Waals surface area contributed by atoms with Crippen LogP contribution >= 0.6 is 0 Å². The lowest BCUT2D eigenvalue weighted by Crippen LogP contribution is -2.33. The second-order valence-corrected chi connectivity index (χ2v) is 4.87. The lowest BCUT2D eigenvalue weighted by molar-refractivity contribution is 0.518. The summed E-state index contributed by atoms with van der Waals surface area (Å²) in [5.74, 6) is 0.748. The minimum Gasteiger partial charge on any atom is -0.363 e. The van der Waals surface area contributed by atoms with Crippen molar-refractivity contribution < 1.29 is 0 Å². The third-order valence-corrected chi connectivity index (χ3v) is 3.40. The quantitative estimate of drug-likeness (QED) is 0.799. The van der Waals surface area contributed by atoms with Crippen molar-refractivity contribution in [3.63, 3.8) is 0 Å². The Morgan fingerprint density at radius 3 is 2.88 bits per heavy atom. The molecule has 0 amide bonds. The molecule has 0 bridgehead atoms. The van der Waals surface area contributed by atoms with Crippen LogP contribution in [0.5, 0.6) is 0 Å². The van der Waals surface area contributed by atoms with E-state index in [9.17, 15) is 4.79 Å². The van der Waals surface area contributed by atoms with Crippen molar-refractivity contribution in [2.45, 2.75) is 38.8 Å². The molecule has 0 radical (unpaired) electrons. The van der Waals surface area contributed by atoms with Crippen molar-refractivity contribution in [1.82, 2.24) is 9.55 Å². The molecule has 2 unspecified atom stereocenters. The molecule has 2 rings (SSSR count). The van der Waals surface area contributed by atoms with Gasteiger partial charge in [0, 0.05) is 24.5 Å². The van der Waals surface area contributed by atoms with E-state index in [1.165, 1.54) is 0 Å². The number of rotatable bonds is 5. The summed E-state index contributed by atoms with van der Waals surface area (Å²) in [6.45, 7) is 4.67. The first-order valence-electron chi connectivity index (χ1n) is 6.17. The van der Waals surface area contributed by atoms with Gasteiger partial charge < -0.3 is 15.6 Å². The van der Waals surface area contributed by atoms with E-state index in [2.05, 4.69) is 17.2 Å². The molecule has 1 heterocycles. The van der Waals surface area contributed by atoms with E-state index in [1.54, 1.807) is 17.0 Å². The topological polar surface area (TPSA) is 72.9 Å². The molecule has 5 nitrogen and oxygen atoms in total. The van der Waals surface area contributed by atoms with Crippen molar-refractivity contribution in [1.29, 1.82) is 0 Å². The Balaban J connectivity index is 2.16. The summed E-state index contributed by atoms with van der Waals surface area (Å²) in [6.07, 6.45) is 5.64. The highest BCUT2D eigenvalue weighted by Gasteiger charge is 2.25. The molecule has 1 aromatic heterocycles. The molecule has 3 N–H and O–H groups in total. The lowest BCUT2D eigenvalue weighted by Gasteiger charge is -2.20. The summed E-state index contributed by atoms with van der Waals surface area (Å²) >= 11 is 0. The molecule has 0 aliphatic heterocycles. The Kier molecular flexibility index (Phi) is 3.47. The molecule has 1 saturated carbocycles. The Hall–Kier alpha value is -1.36. The first-order chi connectivity index (χ1) is 8.13. The van der Waals surface area contributed by atoms with Crippen molar-refractivity contribution >= 4 is 5.82 Å². The van der Waals surface area contributed by atoms with Crippen molar-refractivity contribution in [2.75, 3.05) is 11.9 Å². The van der Waals surface area contributed by atoms with Crippen LogP contribution in [-0.2, 0) is 0 Å². The van der Waals surface area contributed by atoms with Crippen LogP contribution in [0.15, 0.2) is 17.2 Å². The molecule has 1 fully saturated rings. The normalized spacial score (nSPS) is 18.8. The molecule has 0 saturated heterocycles. The van der Waals surface area contributed by atoms with Gasteiger partial charge in [-0.1, -0.05) is 6.92 Å². The molecular formula is C12H20N4O. The highest BCUT2D eigenvalue weighted by molar-refractivity contribution is 5.32. The van der Waals surface area contributed by atoms with Gasteiger partial charge in [-0.3, -0.25) is 4.79 Å². The van der Waals surface area contributed by atoms with Crippen molar-refractivity contribution in [3.05, 3.63) is 22.7 Å². The van der Waals surface area contributed by atoms with Gasteiger partial charge in [0.25, 0.3) is 5.56 Å². The van der Waals surface area contributed by atoms with Gasteiger partial charge in [-0.25, -0.2) is 4.98 Å². The summed E-state index contributed by atoms with van der Waals surface area (Å²) in [6, 6.07) is 0.531. The maximum atomic E-state index is 12.1. The fraction of sp³-hybridized carbons (Fsp3) is 0.667. The number of nitrogens with two attached hydrogens (primary N) is 1. The monoisotopic (exact) mass is 236 g/mol. The van der Waals surface area contributed by atoms with E-state index in [0.29, 0.717) is 24.3 Å². The van der Waals surface area contributed by atoms with E-state index in [1.807, 2.05) is 6.92 Å². The molecule has 1 aliphatic rings. The maximum absolute atomic E-state index is 12.1. The number of hydrogen-bond donors (Lipinski definition) is 2. The molecular weight excluding hydrogens is 216 g/mol. The minimum atomic E-state index is -0.0222. The van der Waals surface area contributed by atoms with Gasteiger partial charge >= 0.3 is 0 Å². The average Bonchev–Trinajstić information content (AvgIpc) is 3.14. The van der Waals surface area contributed by atoms with Crippen LogP contribution in [-0.4, -0.2) is 22.1 Å². The molecule has 1 aliphatic carbocycles. The minimum absolute atomic E-state index is 0.0222. The predicted octanol–water partition coefficient (Wildman–Crippen LogP) is 0.973. The van der Waals surface area contributed by atoms with Crippen LogP contribution < -0.4 is 16.6 Å². The van der Waals surface area contributed by atoms with Crippen LogP contribution in [0.25, 0.3) is 0 Å². The molecule has 94 valence electrons. The molecule has 1 aromatic rings. The van der Waals surface area contributed by atoms with Crippen LogP contribution in [0.1, 0.15) is 32.7 Å². The van der Waals surface area contributed by atoms with Gasteiger partial charge in [-0.2, -0.15) is 0 Å². The maximum Gasteiger partial charge on any atom is 0.293 e. The number of nitrogens with one attached hydrogen (secondary N) is 1. The van der Waals surface area contributed by atoms with Gasteiger partial charge in [0.1, 0.15) is 0 Å². The number of anilines is 1. The lowest BCUT2D eigenvalue weighted by atomic mass is 10.0. The molecule has 17 heavy (non-hydrogen) atoms. The number of nitrogens with zero attached hydrogens (tertiary/aromatic N) is 2. The predicted molar refractivity (Wildman–Crippen MR) is 68.1 cm³/mol. The highest BCUT2D eigenvalue weighted by Crippen LogP contribution is 2.33. The zero-order chi connectivity index (χ0) is 12.4. The third kappa shape index (κ3) is 2.66. The Bertz CT molecular complexity index is 438. The van der Waals surface area contributed by atoms with E-state index in [-0.39, 0.29) is 11.6 Å². The summed E-state index contributed by atoms with van der Waals surface area (Å²) in [7, 11) is 0. The molecule has 2 atom stereocenters. The van der Waals surface area contributed by atoms with Gasteiger partial charge in [0.2, 0.25) is 0 Å². The van der Waals surface area contributed by atoms with Crippen LogP contribution in [0.4, 0.5) is 5.82 Å². The van der Waals surface area contributed by atoms with E-state index >= 15 is 0 Å². The van der Waals surface area contributed by atoms with E-state index < -0.39 is 0 Å². The second-order valence-electron chi connectivity index (χ2n) is 4.87. The summed E-state index contributed by atoms with van der Waals surface area (Å²) in [4.78, 5) is 16.2. The van der Waals surface area contributed by atoms with Crippen molar-refractivity contribution in [3.8, 4) is 0 Å². The van der Waals surface area contributed by atoms with Gasteiger partial charge in [0.15, 0.2) is 5.82 Å². The Morgan fingerprint density at radius 1 is 1.59 bits per heavy atom. The van der Waals surface area contributed by atoms with Gasteiger partial charge in [0.05, 0.1) is 0 Å². The Labute approximate surface area is 101 Å². The fourth-order valence-corrected chi connectivity index (χ4v) is 1.73. The number of aromatic nitrogens is 2. The zero-order valence-electron chi connectivity index (χ0n) is 10.4. The molecule has 0 spiro atoms. The van der Waals surface area contributed by atoms with Crippen LogP contribution in [0.3, 0.4) is 0 Å². The third-order valence-electron chi connectivity index (χ3n) is 3.40. The van der Waals surface area contributed by atoms with Crippen LogP contribution in [0, 0.1) is 5.92 Å². The SMILES string of the molecule is CC(CN)C(C)Nc1nccn(C2CC2)c1=O. The number of hydrogen-bond acceptors (Lipinski definition) is 4. The molecule has 0 aromatic carbocycles. The zero-order valence-corrected chi connectivity index (χ0v) is 10.4. The second kappa shape index (κ2) is 4.87. The van der Waals surface area contributed by atoms with Crippen molar-refractivity contribution in [2.24, 2.45) is 11.7 Å². The van der Waals surface area contributed by atoms with E-state index in [4.69, 9.17) is 5.73 Å². The summed E-state index contributed by atoms with van der Waals surface area (Å²) in [5.41, 5.74) is 5.59. The smallest absolute Gasteiger partial charge is 0.293 e. The van der Waals surface area contributed by atoms with E-state index in [0.717, 1.165) is 12.8 Å². The standard InChI is InChI=1S/C12H20N4O/c1-8(7-13)9(2)15-11-12(17)16(6-5-14-11)10-3-4-10/h5-6,8-10H,3-4,7,13H2,1-2H3,(H,14,15). The summed E-state index contributed by atoms with van der Waals surface area (Å²) < 4.78 is 1.77. The Morgan fingerprint density at radius 2 is 2.29 bits per heavy atom. The summed E-state index contributed by atoms with van der Waals surface area (Å²) in [5, 5.41) is 3.16. The first-order valence-corrected chi connectivity index (χ1v) is 6.17. The molecule has 5 heteroatoms. The average molecular weight is 236 g/mol. The van der Waals surface area contributed by atoms with Gasteiger partial charge in [-0.05, 0) is 32.2 Å². The van der Waals surface area contributed by atoms with Crippen LogP contribution in [0.2, 0.25) is 0 Å². The van der Waals surface area contributed by atoms with Gasteiger partial charge in [-0.15, -0.1) is 0 Å². The largest absolute Gasteiger partial charge is 0.363 e. The highest BCUT2D eigenvalue weighted by atomic mass is 16.1.